The van der Waals surface area contributed by atoms with E-state index in [1.54, 1.807) is 50.2 Å². The minimum Gasteiger partial charge on any atom is -0.361 e. The first kappa shape index (κ1) is 21.4. The van der Waals surface area contributed by atoms with Crippen LogP contribution in [0.15, 0.2) is 93.6 Å². The molecule has 0 aliphatic heterocycles. The Morgan fingerprint density at radius 1 is 0.897 bits per heavy atom. The molecule has 8 heteroatoms. The molecule has 1 aliphatic carbocycles. The summed E-state index contributed by atoms with van der Waals surface area (Å²) in [4.78, 5) is -0.231. The van der Waals surface area contributed by atoms with Gasteiger partial charge in [0.25, 0.3) is 0 Å². The zero-order valence-corrected chi connectivity index (χ0v) is 17.6. The predicted molar refractivity (Wildman–Crippen MR) is 109 cm³/mol. The topological polar surface area (TPSA) is 97.7 Å². The summed E-state index contributed by atoms with van der Waals surface area (Å²) < 4.78 is 58.1. The summed E-state index contributed by atoms with van der Waals surface area (Å²) in [6.07, 6.45) is 2.82. The van der Waals surface area contributed by atoms with Crippen LogP contribution in [0.2, 0.25) is 0 Å². The molecule has 2 aromatic carbocycles. The van der Waals surface area contributed by atoms with Gasteiger partial charge >= 0.3 is 0 Å². The lowest BCUT2D eigenvalue weighted by molar-refractivity contribution is -0.183. The highest BCUT2D eigenvalue weighted by atomic mass is 32.2. The lowest BCUT2D eigenvalue weighted by atomic mass is 10.1. The standard InChI is InChI=1S/C21H22O6S2/c1-16(2)27-21(22)14-13-19(28(23,24)17-9-5-3-6-10-17)15-20(21)29(25,26)18-11-7-4-8-12-18/h3-16,20,22H,1-2H3. The Labute approximate surface area is 171 Å². The minimum absolute atomic E-state index is 0.0296. The van der Waals surface area contributed by atoms with Gasteiger partial charge in [-0.1, -0.05) is 36.4 Å². The van der Waals surface area contributed by atoms with Crippen molar-refractivity contribution < 1.29 is 26.7 Å². The molecule has 2 atom stereocenters. The third kappa shape index (κ3) is 4.20. The lowest BCUT2D eigenvalue weighted by Crippen LogP contribution is -2.49. The predicted octanol–water partition coefficient (Wildman–Crippen LogP) is 2.87. The molecule has 0 spiro atoms. The summed E-state index contributed by atoms with van der Waals surface area (Å²) in [5.41, 5.74) is 0. The molecule has 0 saturated carbocycles. The van der Waals surface area contributed by atoms with E-state index >= 15 is 0 Å². The van der Waals surface area contributed by atoms with Gasteiger partial charge in [-0.3, -0.25) is 0 Å². The van der Waals surface area contributed by atoms with Crippen LogP contribution in [0.3, 0.4) is 0 Å². The summed E-state index contributed by atoms with van der Waals surface area (Å²) in [7, 11) is -8.13. The molecule has 0 bridgehead atoms. The highest BCUT2D eigenvalue weighted by Gasteiger charge is 2.47. The molecule has 0 radical (unpaired) electrons. The Morgan fingerprint density at radius 3 is 1.93 bits per heavy atom. The molecule has 3 rings (SSSR count). The quantitative estimate of drug-likeness (QED) is 0.702. The maximum Gasteiger partial charge on any atom is 0.207 e. The third-order valence-electron chi connectivity index (χ3n) is 4.40. The molecule has 29 heavy (non-hydrogen) atoms. The van der Waals surface area contributed by atoms with E-state index in [9.17, 15) is 21.9 Å². The molecule has 6 nitrogen and oxygen atoms in total. The first-order chi connectivity index (χ1) is 13.6. The molecule has 0 aromatic heterocycles. The van der Waals surface area contributed by atoms with E-state index in [1.165, 1.54) is 30.3 Å². The smallest absolute Gasteiger partial charge is 0.207 e. The van der Waals surface area contributed by atoms with Gasteiger partial charge in [0.05, 0.1) is 20.8 Å². The van der Waals surface area contributed by atoms with Crippen LogP contribution in [-0.2, 0) is 24.4 Å². The van der Waals surface area contributed by atoms with Gasteiger partial charge in [-0.15, -0.1) is 0 Å². The van der Waals surface area contributed by atoms with Gasteiger partial charge in [0, 0.05) is 0 Å². The molecule has 0 fully saturated rings. The average Bonchev–Trinajstić information content (AvgIpc) is 2.68. The van der Waals surface area contributed by atoms with Crippen LogP contribution in [0.5, 0.6) is 0 Å². The molecular formula is C21H22O6S2. The first-order valence-electron chi connectivity index (χ1n) is 8.98. The molecule has 0 heterocycles. The van der Waals surface area contributed by atoms with Crippen molar-refractivity contribution in [3.63, 3.8) is 0 Å². The molecule has 0 amide bonds. The van der Waals surface area contributed by atoms with Crippen LogP contribution in [0.4, 0.5) is 0 Å². The first-order valence-corrected chi connectivity index (χ1v) is 12.0. The largest absolute Gasteiger partial charge is 0.361 e. The van der Waals surface area contributed by atoms with E-state index in [1.807, 2.05) is 0 Å². The van der Waals surface area contributed by atoms with Crippen LogP contribution >= 0.6 is 0 Å². The number of hydrogen-bond donors (Lipinski definition) is 1. The van der Waals surface area contributed by atoms with Gasteiger partial charge < -0.3 is 9.84 Å². The molecule has 1 aliphatic rings. The summed E-state index contributed by atoms with van der Waals surface area (Å²) in [6.45, 7) is 3.30. The molecule has 154 valence electrons. The maximum absolute atomic E-state index is 13.3. The second-order valence-corrected chi connectivity index (χ2v) is 10.9. The summed E-state index contributed by atoms with van der Waals surface area (Å²) in [5, 5.41) is 9.38. The van der Waals surface area contributed by atoms with Crippen molar-refractivity contribution >= 4 is 19.7 Å². The van der Waals surface area contributed by atoms with Crippen LogP contribution < -0.4 is 0 Å². The van der Waals surface area contributed by atoms with Gasteiger partial charge in [-0.05, 0) is 56.3 Å². The fourth-order valence-electron chi connectivity index (χ4n) is 3.09. The van der Waals surface area contributed by atoms with Crippen LogP contribution in [0.25, 0.3) is 0 Å². The second-order valence-electron chi connectivity index (χ2n) is 6.92. The van der Waals surface area contributed by atoms with Crippen molar-refractivity contribution in [1.29, 1.82) is 0 Å². The summed E-state index contributed by atoms with van der Waals surface area (Å²) >= 11 is 0. The second kappa shape index (κ2) is 7.87. The monoisotopic (exact) mass is 434 g/mol. The number of benzene rings is 2. The van der Waals surface area contributed by atoms with Crippen molar-refractivity contribution in [1.82, 2.24) is 0 Å². The Balaban J connectivity index is 2.16. The number of hydrogen-bond acceptors (Lipinski definition) is 6. The van der Waals surface area contributed by atoms with Crippen LogP contribution in [0.1, 0.15) is 13.8 Å². The van der Waals surface area contributed by atoms with Gasteiger partial charge in [-0.2, -0.15) is 0 Å². The zero-order valence-electron chi connectivity index (χ0n) is 16.0. The Hall–Kier alpha value is -2.26. The highest BCUT2D eigenvalue weighted by Crippen LogP contribution is 2.35. The number of allylic oxidation sites excluding steroid dienone is 1. The van der Waals surface area contributed by atoms with E-state index in [4.69, 9.17) is 4.74 Å². The van der Waals surface area contributed by atoms with Gasteiger partial charge in [0.1, 0.15) is 5.25 Å². The van der Waals surface area contributed by atoms with Crippen molar-refractivity contribution in [3.8, 4) is 0 Å². The Morgan fingerprint density at radius 2 is 1.41 bits per heavy atom. The van der Waals surface area contributed by atoms with E-state index in [0.29, 0.717) is 0 Å². The van der Waals surface area contributed by atoms with Crippen LogP contribution in [0, 0.1) is 0 Å². The maximum atomic E-state index is 13.3. The molecule has 1 N–H and O–H groups in total. The van der Waals surface area contributed by atoms with E-state index in [-0.39, 0.29) is 14.7 Å². The number of sulfone groups is 2. The van der Waals surface area contributed by atoms with Gasteiger partial charge in [0.2, 0.25) is 15.6 Å². The average molecular weight is 435 g/mol. The molecule has 2 aromatic rings. The Bertz CT molecular complexity index is 1130. The lowest BCUT2D eigenvalue weighted by Gasteiger charge is -2.35. The SMILES string of the molecule is CC(C)OC1(O)C=CC(S(=O)(=O)c2ccccc2)=CC1S(=O)(=O)c1ccccc1. The molecule has 2 unspecified atom stereocenters. The van der Waals surface area contributed by atoms with E-state index in [2.05, 4.69) is 0 Å². The number of rotatable bonds is 6. The van der Waals surface area contributed by atoms with E-state index < -0.39 is 36.8 Å². The fourth-order valence-corrected chi connectivity index (χ4v) is 6.26. The molecular weight excluding hydrogens is 412 g/mol. The summed E-state index contributed by atoms with van der Waals surface area (Å²) in [5.74, 6) is -2.21. The number of aliphatic hydroxyl groups is 1. The fraction of sp³-hybridized carbons (Fsp3) is 0.238. The van der Waals surface area contributed by atoms with Crippen LogP contribution in [-0.4, -0.2) is 39.1 Å². The van der Waals surface area contributed by atoms with Crippen molar-refractivity contribution in [3.05, 3.63) is 83.8 Å². The molecule has 0 saturated heterocycles. The van der Waals surface area contributed by atoms with Crippen molar-refractivity contribution in [2.24, 2.45) is 0 Å². The third-order valence-corrected chi connectivity index (χ3v) is 8.26. The summed E-state index contributed by atoms with van der Waals surface area (Å²) in [6, 6.07) is 15.3. The van der Waals surface area contributed by atoms with E-state index in [0.717, 1.165) is 12.2 Å². The Kier molecular flexibility index (Phi) is 5.82. The zero-order chi connectivity index (χ0) is 21.3. The normalized spacial score (nSPS) is 22.5. The minimum atomic E-state index is -4.16. The number of ether oxygens (including phenoxy) is 1. The van der Waals surface area contributed by atoms with Crippen molar-refractivity contribution in [2.45, 2.75) is 40.8 Å². The van der Waals surface area contributed by atoms with Gasteiger partial charge in [0.15, 0.2) is 9.84 Å². The highest BCUT2D eigenvalue weighted by molar-refractivity contribution is 7.95. The van der Waals surface area contributed by atoms with Crippen molar-refractivity contribution in [2.75, 3.05) is 0 Å². The van der Waals surface area contributed by atoms with Gasteiger partial charge in [-0.25, -0.2) is 16.8 Å².